The van der Waals surface area contributed by atoms with E-state index in [1.807, 2.05) is 0 Å². The van der Waals surface area contributed by atoms with Gasteiger partial charge in [0.25, 0.3) is 0 Å². The third-order valence-corrected chi connectivity index (χ3v) is 3.89. The van der Waals surface area contributed by atoms with Gasteiger partial charge in [0.1, 0.15) is 6.10 Å². The molecule has 1 aliphatic heterocycles. The van der Waals surface area contributed by atoms with Crippen molar-refractivity contribution in [1.29, 1.82) is 0 Å². The second kappa shape index (κ2) is 6.68. The summed E-state index contributed by atoms with van der Waals surface area (Å²) in [7, 11) is 0. The summed E-state index contributed by atoms with van der Waals surface area (Å²) < 4.78 is 5.87. The molecule has 21 heavy (non-hydrogen) atoms. The number of hydrogen-bond donors (Lipinski definition) is 0. The lowest BCUT2D eigenvalue weighted by atomic mass is 10.1. The van der Waals surface area contributed by atoms with E-state index in [-0.39, 0.29) is 6.10 Å². The van der Waals surface area contributed by atoms with E-state index in [0.29, 0.717) is 5.88 Å². The van der Waals surface area contributed by atoms with Crippen molar-refractivity contribution >= 4 is 0 Å². The van der Waals surface area contributed by atoms with Crippen molar-refractivity contribution in [3.8, 4) is 5.88 Å². The first-order valence-corrected chi connectivity index (χ1v) is 7.50. The number of benzene rings is 1. The van der Waals surface area contributed by atoms with Gasteiger partial charge in [0.15, 0.2) is 0 Å². The van der Waals surface area contributed by atoms with Gasteiger partial charge in [-0.15, -0.1) is 0 Å². The van der Waals surface area contributed by atoms with Crippen LogP contribution in [0.5, 0.6) is 5.88 Å². The van der Waals surface area contributed by atoms with E-state index >= 15 is 0 Å². The summed E-state index contributed by atoms with van der Waals surface area (Å²) in [5, 5.41) is 0. The number of likely N-dealkylation sites (tertiary alicyclic amines) is 1. The maximum atomic E-state index is 5.87. The fourth-order valence-corrected chi connectivity index (χ4v) is 2.65. The van der Waals surface area contributed by atoms with Crippen LogP contribution < -0.4 is 4.74 Å². The van der Waals surface area contributed by atoms with Gasteiger partial charge >= 0.3 is 0 Å². The van der Waals surface area contributed by atoms with Gasteiger partial charge < -0.3 is 4.74 Å². The number of aryl methyl sites for hydroxylation is 1. The maximum Gasteiger partial charge on any atom is 0.232 e. The van der Waals surface area contributed by atoms with Gasteiger partial charge in [0, 0.05) is 32.0 Å². The van der Waals surface area contributed by atoms with Gasteiger partial charge in [-0.05, 0) is 25.3 Å². The van der Waals surface area contributed by atoms with Crippen LogP contribution in [0, 0.1) is 6.92 Å². The summed E-state index contributed by atoms with van der Waals surface area (Å²) in [5.74, 6) is 0.634. The molecule has 1 aromatic carbocycles. The largest absolute Gasteiger partial charge is 0.473 e. The number of aromatic nitrogens is 2. The number of ether oxygens (including phenoxy) is 1. The van der Waals surface area contributed by atoms with E-state index in [1.54, 1.807) is 18.6 Å². The van der Waals surface area contributed by atoms with Crippen molar-refractivity contribution in [2.24, 2.45) is 0 Å². The lowest BCUT2D eigenvalue weighted by Gasteiger charge is -2.31. The predicted octanol–water partition coefficient (Wildman–Crippen LogP) is 2.83. The summed E-state index contributed by atoms with van der Waals surface area (Å²) in [6, 6.07) is 8.80. The molecule has 0 amide bonds. The highest BCUT2D eigenvalue weighted by Gasteiger charge is 2.20. The van der Waals surface area contributed by atoms with Crippen LogP contribution in [-0.2, 0) is 6.54 Å². The number of hydrogen-bond acceptors (Lipinski definition) is 4. The van der Waals surface area contributed by atoms with Crippen LogP contribution in [0.2, 0.25) is 0 Å². The number of piperidine rings is 1. The smallest absolute Gasteiger partial charge is 0.232 e. The van der Waals surface area contributed by atoms with E-state index in [9.17, 15) is 0 Å². The third-order valence-electron chi connectivity index (χ3n) is 3.89. The molecule has 0 spiro atoms. The molecule has 3 rings (SSSR count). The van der Waals surface area contributed by atoms with Crippen molar-refractivity contribution in [1.82, 2.24) is 14.9 Å². The monoisotopic (exact) mass is 283 g/mol. The molecule has 0 saturated carbocycles. The quantitative estimate of drug-likeness (QED) is 0.865. The van der Waals surface area contributed by atoms with Crippen molar-refractivity contribution in [3.63, 3.8) is 0 Å². The molecule has 2 aromatic rings. The Kier molecular flexibility index (Phi) is 4.46. The first-order valence-electron chi connectivity index (χ1n) is 7.50. The molecule has 4 heteroatoms. The minimum atomic E-state index is 0.260. The van der Waals surface area contributed by atoms with E-state index in [4.69, 9.17) is 4.74 Å². The van der Waals surface area contributed by atoms with Crippen molar-refractivity contribution in [3.05, 3.63) is 54.0 Å². The lowest BCUT2D eigenvalue weighted by molar-refractivity contribution is 0.0929. The van der Waals surface area contributed by atoms with Gasteiger partial charge in [0.05, 0.1) is 6.20 Å². The summed E-state index contributed by atoms with van der Waals surface area (Å²) in [6.07, 6.45) is 7.36. The second-order valence-corrected chi connectivity index (χ2v) is 5.62. The second-order valence-electron chi connectivity index (χ2n) is 5.62. The van der Waals surface area contributed by atoms with Crippen molar-refractivity contribution < 1.29 is 4.74 Å². The summed E-state index contributed by atoms with van der Waals surface area (Å²) in [5.41, 5.74) is 2.70. The first-order chi connectivity index (χ1) is 10.3. The highest BCUT2D eigenvalue weighted by molar-refractivity contribution is 5.21. The fraction of sp³-hybridized carbons (Fsp3) is 0.412. The SMILES string of the molecule is Cc1ccc(CN2CCC(Oc3cnccn3)CC2)cc1. The Morgan fingerprint density at radius 1 is 1.14 bits per heavy atom. The zero-order valence-electron chi connectivity index (χ0n) is 12.4. The molecule has 0 aliphatic carbocycles. The summed E-state index contributed by atoms with van der Waals surface area (Å²) in [6.45, 7) is 5.29. The lowest BCUT2D eigenvalue weighted by Crippen LogP contribution is -2.37. The Balaban J connectivity index is 1.47. The van der Waals surface area contributed by atoms with Crippen LogP contribution in [0.25, 0.3) is 0 Å². The maximum absolute atomic E-state index is 5.87. The van der Waals surface area contributed by atoms with Crippen LogP contribution in [0.3, 0.4) is 0 Å². The van der Waals surface area contributed by atoms with E-state index in [2.05, 4.69) is 46.1 Å². The Bertz CT molecular complexity index is 548. The Morgan fingerprint density at radius 3 is 2.57 bits per heavy atom. The molecule has 4 nitrogen and oxygen atoms in total. The third kappa shape index (κ3) is 4.02. The predicted molar refractivity (Wildman–Crippen MR) is 82.1 cm³/mol. The van der Waals surface area contributed by atoms with Crippen LogP contribution in [0.1, 0.15) is 24.0 Å². The Hall–Kier alpha value is -1.94. The fourth-order valence-electron chi connectivity index (χ4n) is 2.65. The van der Waals surface area contributed by atoms with Gasteiger partial charge in [-0.2, -0.15) is 0 Å². The van der Waals surface area contributed by atoms with Crippen LogP contribution >= 0.6 is 0 Å². The van der Waals surface area contributed by atoms with Gasteiger partial charge in [0.2, 0.25) is 5.88 Å². The summed E-state index contributed by atoms with van der Waals surface area (Å²) in [4.78, 5) is 10.7. The Labute approximate surface area is 125 Å². The van der Waals surface area contributed by atoms with E-state index < -0.39 is 0 Å². The number of rotatable bonds is 4. The molecule has 0 N–H and O–H groups in total. The molecular weight excluding hydrogens is 262 g/mol. The van der Waals surface area contributed by atoms with Crippen LogP contribution in [0.15, 0.2) is 42.9 Å². The molecule has 1 saturated heterocycles. The molecule has 1 fully saturated rings. The zero-order valence-corrected chi connectivity index (χ0v) is 12.4. The van der Waals surface area contributed by atoms with Crippen LogP contribution in [0.4, 0.5) is 0 Å². The van der Waals surface area contributed by atoms with Crippen molar-refractivity contribution in [2.45, 2.75) is 32.4 Å². The van der Waals surface area contributed by atoms with Crippen molar-refractivity contribution in [2.75, 3.05) is 13.1 Å². The van der Waals surface area contributed by atoms with Crippen LogP contribution in [-0.4, -0.2) is 34.1 Å². The number of nitrogens with zero attached hydrogens (tertiary/aromatic N) is 3. The van der Waals surface area contributed by atoms with E-state index in [1.165, 1.54) is 11.1 Å². The highest BCUT2D eigenvalue weighted by atomic mass is 16.5. The molecular formula is C17H21N3O. The average Bonchev–Trinajstić information content (AvgIpc) is 2.53. The molecule has 1 aromatic heterocycles. The summed E-state index contributed by atoms with van der Waals surface area (Å²) >= 11 is 0. The molecule has 0 unspecified atom stereocenters. The first kappa shape index (κ1) is 14.0. The molecule has 110 valence electrons. The molecule has 0 atom stereocenters. The average molecular weight is 283 g/mol. The molecule has 0 bridgehead atoms. The minimum absolute atomic E-state index is 0.260. The molecule has 1 aliphatic rings. The standard InChI is InChI=1S/C17H21N3O/c1-14-2-4-15(5-3-14)13-20-10-6-16(7-11-20)21-17-12-18-8-9-19-17/h2-5,8-9,12,16H,6-7,10-11,13H2,1H3. The highest BCUT2D eigenvalue weighted by Crippen LogP contribution is 2.18. The van der Waals surface area contributed by atoms with E-state index in [0.717, 1.165) is 32.5 Å². The Morgan fingerprint density at radius 2 is 1.90 bits per heavy atom. The minimum Gasteiger partial charge on any atom is -0.473 e. The molecule has 2 heterocycles. The normalized spacial score (nSPS) is 16.8. The topological polar surface area (TPSA) is 38.2 Å². The van der Waals surface area contributed by atoms with Gasteiger partial charge in [-0.3, -0.25) is 9.88 Å². The van der Waals surface area contributed by atoms with Gasteiger partial charge in [-0.1, -0.05) is 29.8 Å². The van der Waals surface area contributed by atoms with Gasteiger partial charge in [-0.25, -0.2) is 4.98 Å². The zero-order chi connectivity index (χ0) is 14.5. The molecule has 0 radical (unpaired) electrons.